The van der Waals surface area contributed by atoms with Gasteiger partial charge < -0.3 is 30.2 Å². The molecule has 3 N–H and O–H groups in total. The van der Waals surface area contributed by atoms with E-state index < -0.39 is 6.04 Å². The minimum absolute atomic E-state index is 0.182. The number of likely N-dealkylation sites (tertiary alicyclic amines) is 2. The fraction of sp³-hybridized carbons (Fsp3) is 0.371. The molecule has 2 saturated heterocycles. The summed E-state index contributed by atoms with van der Waals surface area (Å²) in [5.41, 5.74) is 2.24. The molecule has 0 aliphatic carbocycles. The number of aromatic nitrogens is 2. The summed E-state index contributed by atoms with van der Waals surface area (Å²) in [5, 5.41) is 6.90. The first kappa shape index (κ1) is 30.3. The molecule has 238 valence electrons. The number of hydrogen-bond donors (Lipinski definition) is 3. The summed E-state index contributed by atoms with van der Waals surface area (Å²) in [7, 11) is 0. The molecule has 7 rings (SSSR count). The molecule has 1 unspecified atom stereocenters. The van der Waals surface area contributed by atoms with Crippen molar-refractivity contribution in [1.29, 1.82) is 0 Å². The highest BCUT2D eigenvalue weighted by molar-refractivity contribution is 7.99. The maximum Gasteiger partial charge on any atom is 0.251 e. The highest BCUT2D eigenvalue weighted by atomic mass is 32.2. The van der Waals surface area contributed by atoms with Crippen LogP contribution in [-0.4, -0.2) is 76.3 Å². The van der Waals surface area contributed by atoms with Gasteiger partial charge in [-0.15, -0.1) is 0 Å². The number of carbonyl (C=O) groups is 3. The van der Waals surface area contributed by atoms with Crippen molar-refractivity contribution in [2.24, 2.45) is 5.92 Å². The van der Waals surface area contributed by atoms with Crippen LogP contribution >= 0.6 is 11.8 Å². The summed E-state index contributed by atoms with van der Waals surface area (Å²) in [4.78, 5) is 54.2. The van der Waals surface area contributed by atoms with E-state index in [9.17, 15) is 14.4 Å². The maximum absolute atomic E-state index is 13.7. The Balaban J connectivity index is 1.02. The van der Waals surface area contributed by atoms with Gasteiger partial charge >= 0.3 is 0 Å². The summed E-state index contributed by atoms with van der Waals surface area (Å²) < 4.78 is 6.04. The lowest BCUT2D eigenvalue weighted by Crippen LogP contribution is -2.49. The van der Waals surface area contributed by atoms with Gasteiger partial charge in [-0.2, -0.15) is 0 Å². The average Bonchev–Trinajstić information content (AvgIpc) is 3.71. The maximum atomic E-state index is 13.7. The number of ether oxygens (including phenoxy) is 1. The zero-order valence-corrected chi connectivity index (χ0v) is 26.6. The van der Waals surface area contributed by atoms with Crippen molar-refractivity contribution in [2.45, 2.75) is 54.5 Å². The minimum atomic E-state index is -0.609. The van der Waals surface area contributed by atoms with Gasteiger partial charge in [-0.25, -0.2) is 0 Å². The number of nitrogens with zero attached hydrogens (tertiary/aromatic N) is 3. The van der Waals surface area contributed by atoms with E-state index in [1.807, 2.05) is 49.4 Å². The van der Waals surface area contributed by atoms with Crippen molar-refractivity contribution < 1.29 is 19.1 Å². The van der Waals surface area contributed by atoms with E-state index in [0.717, 1.165) is 51.8 Å². The van der Waals surface area contributed by atoms with Crippen molar-refractivity contribution >= 4 is 40.4 Å². The highest BCUT2D eigenvalue weighted by Crippen LogP contribution is 2.47. The van der Waals surface area contributed by atoms with Crippen LogP contribution in [0.4, 0.5) is 0 Å². The molecule has 0 bridgehead atoms. The summed E-state index contributed by atoms with van der Waals surface area (Å²) in [5.74, 6) is 0.727. The SMILES string of the molecule is C[C@@H](NC(=O)[C@@H]1CC(CN2CCCCC2)CN1C(=O)CNC(=O)c1ccc2c(c1)Oc1ccccc1S2)c1cc2cnccc2[nH]1. The van der Waals surface area contributed by atoms with Crippen molar-refractivity contribution in [3.05, 3.63) is 78.2 Å². The van der Waals surface area contributed by atoms with E-state index in [1.165, 1.54) is 19.3 Å². The predicted molar refractivity (Wildman–Crippen MR) is 176 cm³/mol. The number of pyridine rings is 1. The predicted octanol–water partition coefficient (Wildman–Crippen LogP) is 5.13. The molecular weight excluding hydrogens is 600 g/mol. The second-order valence-electron chi connectivity index (χ2n) is 12.4. The van der Waals surface area contributed by atoms with Gasteiger partial charge in [-0.1, -0.05) is 30.3 Å². The summed E-state index contributed by atoms with van der Waals surface area (Å²) in [6.07, 6.45) is 7.72. The molecular formula is C35H38N6O4S. The lowest BCUT2D eigenvalue weighted by Gasteiger charge is -2.28. The fourth-order valence-corrected chi connectivity index (χ4v) is 7.66. The van der Waals surface area contributed by atoms with Crippen LogP contribution in [0.5, 0.6) is 11.5 Å². The van der Waals surface area contributed by atoms with Crippen molar-refractivity contribution in [1.82, 2.24) is 30.4 Å². The molecule has 4 aromatic rings. The van der Waals surface area contributed by atoms with Crippen LogP contribution in [0, 0.1) is 5.92 Å². The second kappa shape index (κ2) is 13.2. The molecule has 3 amide bonds. The zero-order chi connectivity index (χ0) is 31.6. The number of nitrogens with one attached hydrogen (secondary N) is 3. The van der Waals surface area contributed by atoms with Gasteiger partial charge in [0, 0.05) is 47.6 Å². The van der Waals surface area contributed by atoms with Crippen molar-refractivity contribution in [3.63, 3.8) is 0 Å². The average molecular weight is 639 g/mol. The lowest BCUT2D eigenvalue weighted by atomic mass is 10.0. The van der Waals surface area contributed by atoms with E-state index >= 15 is 0 Å². The van der Waals surface area contributed by atoms with Gasteiger partial charge in [0.05, 0.1) is 22.4 Å². The number of para-hydroxylation sites is 1. The number of benzene rings is 2. The number of amides is 3. The molecule has 3 atom stereocenters. The Labute approximate surface area is 272 Å². The van der Waals surface area contributed by atoms with Crippen LogP contribution in [0.15, 0.2) is 76.8 Å². The highest BCUT2D eigenvalue weighted by Gasteiger charge is 2.40. The van der Waals surface area contributed by atoms with Crippen molar-refractivity contribution in [3.8, 4) is 11.5 Å². The van der Waals surface area contributed by atoms with Crippen LogP contribution in [0.25, 0.3) is 10.9 Å². The van der Waals surface area contributed by atoms with E-state index in [2.05, 4.69) is 25.5 Å². The molecule has 2 aromatic heterocycles. The Morgan fingerprint density at radius 2 is 1.87 bits per heavy atom. The molecule has 0 saturated carbocycles. The van der Waals surface area contributed by atoms with Gasteiger partial charge in [-0.05, 0) is 87.7 Å². The molecule has 0 spiro atoms. The van der Waals surface area contributed by atoms with Crippen LogP contribution < -0.4 is 15.4 Å². The van der Waals surface area contributed by atoms with Gasteiger partial charge in [0.1, 0.15) is 17.5 Å². The number of hydrogen-bond acceptors (Lipinski definition) is 7. The fourth-order valence-electron chi connectivity index (χ4n) is 6.73. The largest absolute Gasteiger partial charge is 0.455 e. The monoisotopic (exact) mass is 638 g/mol. The molecule has 2 fully saturated rings. The number of rotatable bonds is 8. The first-order valence-electron chi connectivity index (χ1n) is 16.0. The normalized spacial score (nSPS) is 20.0. The topological polar surface area (TPSA) is 120 Å². The molecule has 3 aliphatic rings. The standard InChI is InChI=1S/C35H38N6O4S/c1-22(27-16-25-18-36-12-11-26(25)39-27)38-35(44)28-15-23(20-40-13-5-2-6-14-40)21-41(28)33(42)19-37-34(43)24-9-10-32-30(17-24)45-29-7-3-4-8-31(29)46-32/h3-4,7-12,16-18,22-23,28,39H,2,5-6,13-15,19-21H2,1H3,(H,37,43)(H,38,44)/t22-,23?,28+/m1/s1. The molecule has 10 nitrogen and oxygen atoms in total. The van der Waals surface area contributed by atoms with E-state index in [1.54, 1.807) is 41.2 Å². The Hall–Kier alpha value is -4.35. The molecule has 2 aromatic carbocycles. The third kappa shape index (κ3) is 6.47. The number of aromatic amines is 1. The van der Waals surface area contributed by atoms with E-state index in [4.69, 9.17) is 4.74 Å². The van der Waals surface area contributed by atoms with E-state index in [0.29, 0.717) is 24.3 Å². The van der Waals surface area contributed by atoms with E-state index in [-0.39, 0.29) is 36.2 Å². The van der Waals surface area contributed by atoms with Crippen LogP contribution in [0.3, 0.4) is 0 Å². The summed E-state index contributed by atoms with van der Waals surface area (Å²) >= 11 is 1.59. The smallest absolute Gasteiger partial charge is 0.251 e. The first-order chi connectivity index (χ1) is 22.4. The van der Waals surface area contributed by atoms with Crippen LogP contribution in [0.1, 0.15) is 54.7 Å². The van der Waals surface area contributed by atoms with Gasteiger partial charge in [0.25, 0.3) is 5.91 Å². The Morgan fingerprint density at radius 3 is 2.72 bits per heavy atom. The molecule has 3 aliphatic heterocycles. The third-order valence-electron chi connectivity index (χ3n) is 9.14. The van der Waals surface area contributed by atoms with Crippen LogP contribution in [-0.2, 0) is 9.59 Å². The molecule has 11 heteroatoms. The molecule has 5 heterocycles. The Morgan fingerprint density at radius 1 is 1.04 bits per heavy atom. The van der Waals surface area contributed by atoms with Crippen LogP contribution in [0.2, 0.25) is 0 Å². The number of piperidine rings is 1. The Bertz CT molecular complexity index is 1740. The second-order valence-corrected chi connectivity index (χ2v) is 13.5. The summed E-state index contributed by atoms with van der Waals surface area (Å²) in [6.45, 7) is 5.19. The lowest BCUT2D eigenvalue weighted by molar-refractivity contribution is -0.138. The zero-order valence-electron chi connectivity index (χ0n) is 25.8. The minimum Gasteiger partial charge on any atom is -0.455 e. The molecule has 46 heavy (non-hydrogen) atoms. The number of H-pyrrole nitrogens is 1. The van der Waals surface area contributed by atoms with Crippen molar-refractivity contribution in [2.75, 3.05) is 32.7 Å². The first-order valence-corrected chi connectivity index (χ1v) is 16.8. The quantitative estimate of drug-likeness (QED) is 0.216. The van der Waals surface area contributed by atoms with Gasteiger partial charge in [0.15, 0.2) is 0 Å². The Kier molecular flexibility index (Phi) is 8.68. The number of carbonyl (C=O) groups excluding carboxylic acids is 3. The van der Waals surface area contributed by atoms with Gasteiger partial charge in [-0.3, -0.25) is 19.4 Å². The summed E-state index contributed by atoms with van der Waals surface area (Å²) in [6, 6.07) is 16.1. The molecule has 0 radical (unpaired) electrons. The third-order valence-corrected chi connectivity index (χ3v) is 10.3. The van der Waals surface area contributed by atoms with Gasteiger partial charge in [0.2, 0.25) is 11.8 Å². The number of fused-ring (bicyclic) bond motifs is 3.